The lowest BCUT2D eigenvalue weighted by Gasteiger charge is -2.43. The Kier molecular flexibility index (Phi) is 5.53. The number of alkyl carbamates (subject to hydrolysis) is 1. The van der Waals surface area contributed by atoms with Crippen LogP contribution in [-0.2, 0) is 30.5 Å². The van der Waals surface area contributed by atoms with E-state index in [9.17, 15) is 14.4 Å². The molecule has 1 fully saturated rings. The van der Waals surface area contributed by atoms with Gasteiger partial charge < -0.3 is 14.8 Å². The summed E-state index contributed by atoms with van der Waals surface area (Å²) in [5, 5.41) is 3.50. The van der Waals surface area contributed by atoms with Gasteiger partial charge in [-0.25, -0.2) is 14.7 Å². The number of nitrogens with one attached hydrogen (secondary N) is 1. The number of β-lactam (4-membered cyclic amide) rings is 1. The third kappa shape index (κ3) is 4.19. The van der Waals surface area contributed by atoms with Gasteiger partial charge in [-0.05, 0) is 12.5 Å². The first kappa shape index (κ1) is 16.8. The third-order valence-corrected chi connectivity index (χ3v) is 3.37. The molecule has 2 amide bonds. The first-order valence-electron chi connectivity index (χ1n) is 7.03. The fourth-order valence-electron chi connectivity index (χ4n) is 2.03. The molecule has 0 spiro atoms. The molecule has 1 N–H and O–H groups in total. The maximum atomic E-state index is 11.9. The van der Waals surface area contributed by atoms with E-state index in [1.807, 2.05) is 30.3 Å². The van der Waals surface area contributed by atoms with Crippen LogP contribution in [-0.4, -0.2) is 48.8 Å². The Morgan fingerprint density at radius 2 is 1.96 bits per heavy atom. The number of hydrogen-bond donors (Lipinski definition) is 1. The van der Waals surface area contributed by atoms with Crippen molar-refractivity contribution in [2.75, 3.05) is 13.7 Å². The number of esters is 1. The van der Waals surface area contributed by atoms with Crippen molar-refractivity contribution in [3.05, 3.63) is 35.9 Å². The molecule has 0 aliphatic carbocycles. The Morgan fingerprint density at radius 1 is 1.26 bits per heavy atom. The predicted octanol–water partition coefficient (Wildman–Crippen LogP) is 0.617. The van der Waals surface area contributed by atoms with Gasteiger partial charge in [0.2, 0.25) is 0 Å². The lowest BCUT2D eigenvalue weighted by Crippen LogP contribution is -2.69. The number of carbonyl (C=O) groups excluding carboxylic acids is 3. The second-order valence-corrected chi connectivity index (χ2v) is 4.94. The van der Waals surface area contributed by atoms with E-state index in [0.29, 0.717) is 0 Å². The minimum Gasteiger partial charge on any atom is -0.467 e. The summed E-state index contributed by atoms with van der Waals surface area (Å²) in [6.45, 7) is 1.43. The zero-order valence-electron chi connectivity index (χ0n) is 12.9. The van der Waals surface area contributed by atoms with Crippen molar-refractivity contribution >= 4 is 18.0 Å². The van der Waals surface area contributed by atoms with Crippen LogP contribution in [0.15, 0.2) is 30.3 Å². The van der Waals surface area contributed by atoms with Gasteiger partial charge >= 0.3 is 12.1 Å². The Morgan fingerprint density at radius 3 is 2.57 bits per heavy atom. The van der Waals surface area contributed by atoms with E-state index < -0.39 is 30.1 Å². The standard InChI is InChI=1S/C15H18N2O6/c1-10-13(14(19)17(10)23-9-12(18)21-2)16-15(20)22-8-11-6-4-3-5-7-11/h3-7,10,13H,8-9H2,1-2H3,(H,16,20)/t10-,13-/m0/s1. The summed E-state index contributed by atoms with van der Waals surface area (Å²) in [7, 11) is 1.22. The fraction of sp³-hybridized carbons (Fsp3) is 0.400. The normalized spacial score (nSPS) is 19.7. The van der Waals surface area contributed by atoms with Gasteiger partial charge in [0.05, 0.1) is 13.2 Å². The van der Waals surface area contributed by atoms with Gasteiger partial charge in [0.1, 0.15) is 12.6 Å². The average Bonchev–Trinajstić information content (AvgIpc) is 2.58. The number of rotatable bonds is 6. The molecule has 8 nitrogen and oxygen atoms in total. The quantitative estimate of drug-likeness (QED) is 0.609. The van der Waals surface area contributed by atoms with Crippen LogP contribution in [0, 0.1) is 0 Å². The summed E-state index contributed by atoms with van der Waals surface area (Å²) in [4.78, 5) is 39.6. The van der Waals surface area contributed by atoms with Gasteiger partial charge in [-0.3, -0.25) is 9.63 Å². The molecule has 1 aliphatic rings. The number of hydrogen-bond acceptors (Lipinski definition) is 6. The predicted molar refractivity (Wildman–Crippen MR) is 77.8 cm³/mol. The highest BCUT2D eigenvalue weighted by atomic mass is 16.7. The van der Waals surface area contributed by atoms with E-state index >= 15 is 0 Å². The molecule has 0 bridgehead atoms. The third-order valence-electron chi connectivity index (χ3n) is 3.37. The number of nitrogens with zero attached hydrogens (tertiary/aromatic N) is 1. The molecule has 8 heteroatoms. The SMILES string of the molecule is COC(=O)CON1C(=O)[C@@H](NC(=O)OCc2ccccc2)[C@@H]1C. The van der Waals surface area contributed by atoms with Crippen LogP contribution in [0.5, 0.6) is 0 Å². The number of ether oxygens (including phenoxy) is 2. The van der Waals surface area contributed by atoms with Crippen molar-refractivity contribution in [1.29, 1.82) is 0 Å². The number of amides is 2. The molecule has 0 saturated carbocycles. The summed E-state index contributed by atoms with van der Waals surface area (Å²) in [6.07, 6.45) is -0.688. The topological polar surface area (TPSA) is 94.2 Å². The Hall–Kier alpha value is -2.61. The van der Waals surface area contributed by atoms with Crippen LogP contribution in [0.3, 0.4) is 0 Å². The Bertz CT molecular complexity index is 577. The molecule has 1 aromatic carbocycles. The number of carbonyl (C=O) groups is 3. The summed E-state index contributed by atoms with van der Waals surface area (Å²) >= 11 is 0. The van der Waals surface area contributed by atoms with E-state index in [2.05, 4.69) is 10.1 Å². The molecular formula is C15H18N2O6. The number of hydroxylamine groups is 2. The lowest BCUT2D eigenvalue weighted by molar-refractivity contribution is -0.233. The van der Waals surface area contributed by atoms with E-state index in [0.717, 1.165) is 10.6 Å². The van der Waals surface area contributed by atoms with Crippen LogP contribution >= 0.6 is 0 Å². The maximum Gasteiger partial charge on any atom is 0.408 e. The van der Waals surface area contributed by atoms with Crippen molar-refractivity contribution in [3.63, 3.8) is 0 Å². The molecule has 1 aliphatic heterocycles. The van der Waals surface area contributed by atoms with Gasteiger partial charge in [0.25, 0.3) is 5.91 Å². The van der Waals surface area contributed by atoms with E-state index in [1.54, 1.807) is 6.92 Å². The van der Waals surface area contributed by atoms with Gasteiger partial charge in [-0.2, -0.15) is 0 Å². The second-order valence-electron chi connectivity index (χ2n) is 4.94. The highest BCUT2D eigenvalue weighted by molar-refractivity contribution is 5.91. The largest absolute Gasteiger partial charge is 0.467 e. The fourth-order valence-corrected chi connectivity index (χ4v) is 2.03. The molecule has 0 unspecified atom stereocenters. The van der Waals surface area contributed by atoms with Gasteiger partial charge in [0, 0.05) is 0 Å². The van der Waals surface area contributed by atoms with E-state index in [1.165, 1.54) is 7.11 Å². The van der Waals surface area contributed by atoms with Crippen molar-refractivity contribution in [2.24, 2.45) is 0 Å². The first-order chi connectivity index (χ1) is 11.0. The van der Waals surface area contributed by atoms with Gasteiger partial charge in [0.15, 0.2) is 6.61 Å². The van der Waals surface area contributed by atoms with E-state index in [-0.39, 0.29) is 13.2 Å². The smallest absolute Gasteiger partial charge is 0.408 e. The first-order valence-corrected chi connectivity index (χ1v) is 7.03. The highest BCUT2D eigenvalue weighted by Gasteiger charge is 2.47. The molecule has 0 radical (unpaired) electrons. The maximum absolute atomic E-state index is 11.9. The Balaban J connectivity index is 1.74. The van der Waals surface area contributed by atoms with Crippen LogP contribution in [0.1, 0.15) is 12.5 Å². The van der Waals surface area contributed by atoms with E-state index in [4.69, 9.17) is 9.57 Å². The molecule has 0 aromatic heterocycles. The highest BCUT2D eigenvalue weighted by Crippen LogP contribution is 2.20. The minimum atomic E-state index is -0.740. The van der Waals surface area contributed by atoms with Crippen molar-refractivity contribution in [1.82, 2.24) is 10.4 Å². The summed E-state index contributed by atoms with van der Waals surface area (Å²) in [5.41, 5.74) is 0.846. The molecule has 124 valence electrons. The van der Waals surface area contributed by atoms with Crippen molar-refractivity contribution in [2.45, 2.75) is 25.6 Å². The van der Waals surface area contributed by atoms with Crippen LogP contribution < -0.4 is 5.32 Å². The zero-order valence-corrected chi connectivity index (χ0v) is 12.9. The molecular weight excluding hydrogens is 304 g/mol. The molecule has 1 aromatic rings. The van der Waals surface area contributed by atoms with Crippen LogP contribution in [0.25, 0.3) is 0 Å². The Labute approximate surface area is 133 Å². The van der Waals surface area contributed by atoms with Crippen molar-refractivity contribution < 1.29 is 28.7 Å². The molecule has 2 atom stereocenters. The minimum absolute atomic E-state index is 0.116. The molecule has 1 saturated heterocycles. The molecule has 1 heterocycles. The average molecular weight is 322 g/mol. The summed E-state index contributed by atoms with van der Waals surface area (Å²) in [6, 6.07) is 8.04. The zero-order chi connectivity index (χ0) is 16.8. The summed E-state index contributed by atoms with van der Waals surface area (Å²) in [5.74, 6) is -1.04. The molecule has 23 heavy (non-hydrogen) atoms. The van der Waals surface area contributed by atoms with Gasteiger partial charge in [-0.15, -0.1) is 0 Å². The second kappa shape index (κ2) is 7.59. The summed E-state index contributed by atoms with van der Waals surface area (Å²) < 4.78 is 9.46. The van der Waals surface area contributed by atoms with Crippen LogP contribution in [0.2, 0.25) is 0 Å². The number of methoxy groups -OCH3 is 1. The monoisotopic (exact) mass is 322 g/mol. The van der Waals surface area contributed by atoms with Crippen LogP contribution in [0.4, 0.5) is 4.79 Å². The lowest BCUT2D eigenvalue weighted by atomic mass is 10.0. The van der Waals surface area contributed by atoms with Crippen molar-refractivity contribution in [3.8, 4) is 0 Å². The molecule has 2 rings (SSSR count). The van der Waals surface area contributed by atoms with Gasteiger partial charge in [-0.1, -0.05) is 30.3 Å². The number of benzene rings is 1.